The first-order valence-electron chi connectivity index (χ1n) is 7.10. The van der Waals surface area contributed by atoms with Gasteiger partial charge < -0.3 is 4.74 Å². The Labute approximate surface area is 111 Å². The van der Waals surface area contributed by atoms with E-state index in [1.165, 1.54) is 17.6 Å². The Kier molecular flexibility index (Phi) is 1.65. The largest absolute Gasteiger partial charge is 0.393 e. The van der Waals surface area contributed by atoms with Gasteiger partial charge in [-0.05, 0) is 41.7 Å². The van der Waals surface area contributed by atoms with Gasteiger partial charge in [0, 0.05) is 5.92 Å². The van der Waals surface area contributed by atoms with E-state index in [0.717, 1.165) is 6.42 Å². The summed E-state index contributed by atoms with van der Waals surface area (Å²) in [5.41, 5.74) is 2.76. The first kappa shape index (κ1) is 10.2. The standard InChI is InChI=1S/C16H14O3/c17-15-13-9-5-11(10-4-7-1-2-8(10)3-7)12(6-9)14(13)16(18)19-15/h1-2,4-5,7-9,12-14H,3,6H2. The van der Waals surface area contributed by atoms with E-state index < -0.39 is 0 Å². The zero-order valence-corrected chi connectivity index (χ0v) is 10.4. The molecule has 1 aliphatic heterocycles. The summed E-state index contributed by atoms with van der Waals surface area (Å²) in [5.74, 6) is 0.639. The minimum Gasteiger partial charge on any atom is -0.393 e. The molecule has 0 amide bonds. The van der Waals surface area contributed by atoms with Gasteiger partial charge in [-0.2, -0.15) is 0 Å². The molecule has 4 bridgehead atoms. The summed E-state index contributed by atoms with van der Waals surface area (Å²) in [6.45, 7) is 0. The smallest absolute Gasteiger partial charge is 0.318 e. The van der Waals surface area contributed by atoms with E-state index in [9.17, 15) is 9.59 Å². The van der Waals surface area contributed by atoms with Crippen molar-refractivity contribution >= 4 is 11.9 Å². The van der Waals surface area contributed by atoms with Crippen molar-refractivity contribution in [3.63, 3.8) is 0 Å². The monoisotopic (exact) mass is 254 g/mol. The number of hydrogen-bond acceptors (Lipinski definition) is 3. The highest BCUT2D eigenvalue weighted by Crippen LogP contribution is 2.58. The van der Waals surface area contributed by atoms with Gasteiger partial charge in [0.25, 0.3) is 0 Å². The predicted octanol–water partition coefficient (Wildman–Crippen LogP) is 2.01. The third-order valence-corrected chi connectivity index (χ3v) is 5.59. The van der Waals surface area contributed by atoms with Gasteiger partial charge in [-0.15, -0.1) is 0 Å². The average Bonchev–Trinajstić information content (AvgIpc) is 3.14. The van der Waals surface area contributed by atoms with Crippen molar-refractivity contribution in [3.05, 3.63) is 35.5 Å². The molecule has 1 saturated heterocycles. The zero-order chi connectivity index (χ0) is 12.7. The number of allylic oxidation sites excluding steroid dienone is 6. The molecule has 0 aromatic rings. The molecule has 3 heteroatoms. The minimum absolute atomic E-state index is 0.184. The molecule has 1 saturated carbocycles. The molecular weight excluding hydrogens is 240 g/mol. The van der Waals surface area contributed by atoms with Gasteiger partial charge in [0.1, 0.15) is 0 Å². The lowest BCUT2D eigenvalue weighted by Gasteiger charge is -2.23. The van der Waals surface area contributed by atoms with E-state index in [1.54, 1.807) is 0 Å². The highest BCUT2D eigenvalue weighted by atomic mass is 16.6. The number of hydrogen-bond donors (Lipinski definition) is 0. The maximum absolute atomic E-state index is 11.9. The van der Waals surface area contributed by atoms with Crippen molar-refractivity contribution < 1.29 is 14.3 Å². The summed E-state index contributed by atoms with van der Waals surface area (Å²) < 4.78 is 4.84. The van der Waals surface area contributed by atoms with Crippen molar-refractivity contribution in [2.75, 3.05) is 0 Å². The summed E-state index contributed by atoms with van der Waals surface area (Å²) >= 11 is 0. The van der Waals surface area contributed by atoms with E-state index in [0.29, 0.717) is 11.8 Å². The second kappa shape index (κ2) is 3.09. The highest BCUT2D eigenvalue weighted by Gasteiger charge is 2.60. The number of ether oxygens (including phenoxy) is 1. The number of fused-ring (bicyclic) bond motifs is 7. The van der Waals surface area contributed by atoms with Crippen LogP contribution in [0.3, 0.4) is 0 Å². The quantitative estimate of drug-likeness (QED) is 0.408. The molecule has 0 aromatic carbocycles. The van der Waals surface area contributed by atoms with Gasteiger partial charge in [-0.25, -0.2) is 0 Å². The second-order valence-electron chi connectivity index (χ2n) is 6.43. The Bertz CT molecular complexity index is 609. The predicted molar refractivity (Wildman–Crippen MR) is 66.6 cm³/mol. The molecule has 19 heavy (non-hydrogen) atoms. The molecule has 6 unspecified atom stereocenters. The molecule has 0 aromatic heterocycles. The molecule has 96 valence electrons. The van der Waals surface area contributed by atoms with E-state index in [1.807, 2.05) is 0 Å². The Morgan fingerprint density at radius 1 is 0.947 bits per heavy atom. The van der Waals surface area contributed by atoms with Gasteiger partial charge in [0.2, 0.25) is 0 Å². The summed E-state index contributed by atoms with van der Waals surface area (Å²) in [5, 5.41) is 0. The van der Waals surface area contributed by atoms with E-state index in [4.69, 9.17) is 4.74 Å². The maximum atomic E-state index is 11.9. The summed E-state index contributed by atoms with van der Waals surface area (Å²) in [4.78, 5) is 23.6. The van der Waals surface area contributed by atoms with Gasteiger partial charge in [-0.1, -0.05) is 24.3 Å². The third kappa shape index (κ3) is 1.10. The number of carbonyl (C=O) groups excluding carboxylic acids is 2. The third-order valence-electron chi connectivity index (χ3n) is 5.59. The van der Waals surface area contributed by atoms with Crippen molar-refractivity contribution in [2.45, 2.75) is 12.8 Å². The van der Waals surface area contributed by atoms with Crippen LogP contribution >= 0.6 is 0 Å². The molecule has 6 atom stereocenters. The summed E-state index contributed by atoms with van der Waals surface area (Å²) in [6, 6.07) is 0. The van der Waals surface area contributed by atoms with Crippen LogP contribution in [-0.2, 0) is 14.3 Å². The molecule has 0 radical (unpaired) electrons. The van der Waals surface area contributed by atoms with Gasteiger partial charge in [-0.3, -0.25) is 9.59 Å². The zero-order valence-electron chi connectivity index (χ0n) is 10.4. The van der Waals surface area contributed by atoms with Crippen LogP contribution < -0.4 is 0 Å². The van der Waals surface area contributed by atoms with Crippen LogP contribution in [0, 0.1) is 35.5 Å². The lowest BCUT2D eigenvalue weighted by atomic mass is 9.77. The number of rotatable bonds is 1. The highest BCUT2D eigenvalue weighted by molar-refractivity contribution is 5.98. The number of carbonyl (C=O) groups is 2. The maximum Gasteiger partial charge on any atom is 0.318 e. The number of cyclic esters (lactones) is 2. The molecule has 5 aliphatic rings. The molecular formula is C16H14O3. The normalized spacial score (nSPS) is 48.6. The van der Waals surface area contributed by atoms with E-state index >= 15 is 0 Å². The fourth-order valence-electron chi connectivity index (χ4n) is 4.87. The number of esters is 2. The van der Waals surface area contributed by atoms with Crippen molar-refractivity contribution in [1.82, 2.24) is 0 Å². The van der Waals surface area contributed by atoms with Crippen LogP contribution in [0.4, 0.5) is 0 Å². The van der Waals surface area contributed by atoms with Crippen LogP contribution in [0.2, 0.25) is 0 Å². The topological polar surface area (TPSA) is 43.4 Å². The Balaban J connectivity index is 1.55. The lowest BCUT2D eigenvalue weighted by molar-refractivity contribution is -0.154. The van der Waals surface area contributed by atoms with Crippen LogP contribution in [0.15, 0.2) is 35.5 Å². The van der Waals surface area contributed by atoms with Gasteiger partial charge >= 0.3 is 11.9 Å². The Hall–Kier alpha value is -1.64. The Morgan fingerprint density at radius 2 is 1.79 bits per heavy atom. The second-order valence-corrected chi connectivity index (χ2v) is 6.43. The molecule has 1 heterocycles. The molecule has 5 rings (SSSR count). The van der Waals surface area contributed by atoms with Crippen LogP contribution in [0.5, 0.6) is 0 Å². The van der Waals surface area contributed by atoms with E-state index in [2.05, 4.69) is 24.3 Å². The summed E-state index contributed by atoms with van der Waals surface area (Å²) in [7, 11) is 0. The van der Waals surface area contributed by atoms with Crippen LogP contribution in [0.1, 0.15) is 12.8 Å². The van der Waals surface area contributed by atoms with E-state index in [-0.39, 0.29) is 35.6 Å². The van der Waals surface area contributed by atoms with Crippen molar-refractivity contribution in [3.8, 4) is 0 Å². The van der Waals surface area contributed by atoms with Crippen LogP contribution in [-0.4, -0.2) is 11.9 Å². The van der Waals surface area contributed by atoms with Crippen LogP contribution in [0.25, 0.3) is 0 Å². The molecule has 0 N–H and O–H groups in total. The molecule has 3 nitrogen and oxygen atoms in total. The first-order chi connectivity index (χ1) is 9.22. The average molecular weight is 254 g/mol. The van der Waals surface area contributed by atoms with Crippen molar-refractivity contribution in [1.29, 1.82) is 0 Å². The Morgan fingerprint density at radius 3 is 2.53 bits per heavy atom. The fourth-order valence-corrected chi connectivity index (χ4v) is 4.87. The molecule has 2 fully saturated rings. The SMILES string of the molecule is O=C1OC(=O)C2C3CC(C=C3C3=CC4C=CC3C4)C12. The minimum atomic E-state index is -0.292. The van der Waals surface area contributed by atoms with Gasteiger partial charge in [0.15, 0.2) is 0 Å². The fraction of sp³-hybridized carbons (Fsp3) is 0.500. The molecule has 4 aliphatic carbocycles. The van der Waals surface area contributed by atoms with Crippen molar-refractivity contribution in [2.24, 2.45) is 35.5 Å². The van der Waals surface area contributed by atoms with Gasteiger partial charge in [0.05, 0.1) is 11.8 Å². The summed E-state index contributed by atoms with van der Waals surface area (Å²) in [6.07, 6.45) is 11.3. The lowest BCUT2D eigenvalue weighted by Crippen LogP contribution is -2.25. The first-order valence-corrected chi connectivity index (χ1v) is 7.10. The molecule has 0 spiro atoms.